The summed E-state index contributed by atoms with van der Waals surface area (Å²) in [6.45, 7) is 16.1. The fourth-order valence-electron chi connectivity index (χ4n) is 4.11. The molecule has 3 rings (SSSR count). The summed E-state index contributed by atoms with van der Waals surface area (Å²) in [4.78, 5) is 0.112. The molecule has 0 saturated carbocycles. The van der Waals surface area contributed by atoms with Gasteiger partial charge < -0.3 is 28.8 Å². The van der Waals surface area contributed by atoms with Crippen molar-refractivity contribution in [2.75, 3.05) is 52.9 Å². The Balaban J connectivity index is 0.00000736. The van der Waals surface area contributed by atoms with Gasteiger partial charge in [-0.2, -0.15) is 8.42 Å². The van der Waals surface area contributed by atoms with Crippen LogP contribution in [0.3, 0.4) is 0 Å². The van der Waals surface area contributed by atoms with Crippen LogP contribution >= 0.6 is 0 Å². The van der Waals surface area contributed by atoms with Gasteiger partial charge in [0.2, 0.25) is 0 Å². The third-order valence-corrected chi connectivity index (χ3v) is 8.18. The summed E-state index contributed by atoms with van der Waals surface area (Å²) in [6.07, 6.45) is 0. The molecule has 0 aliphatic rings. The summed E-state index contributed by atoms with van der Waals surface area (Å²) < 4.78 is 58.4. The molecule has 0 atom stereocenters. The predicted octanol–water partition coefficient (Wildman–Crippen LogP) is 2.94. The molecule has 248 valence electrons. The van der Waals surface area contributed by atoms with Crippen molar-refractivity contribution in [2.45, 2.75) is 64.2 Å². The van der Waals surface area contributed by atoms with Gasteiger partial charge >= 0.3 is 68.9 Å². The Morgan fingerprint density at radius 1 is 0.587 bits per heavy atom. The zero-order valence-electron chi connectivity index (χ0n) is 28.5. The van der Waals surface area contributed by atoms with E-state index in [9.17, 15) is 13.5 Å². The fraction of sp³-hybridized carbons (Fsp3) is 0.486. The molecule has 0 unspecified atom stereocenters. The Morgan fingerprint density at radius 3 is 1.59 bits per heavy atom. The van der Waals surface area contributed by atoms with Crippen molar-refractivity contribution in [3.63, 3.8) is 0 Å². The standard InChI is InChI=1S/C35H48O9S.Cs/c1-26-8-12-29(13-9-26)45(37,38)44-23-19-40-16-20-41-31-15-11-28(35(5,6)7)25-33(31)43-22-18-39-17-21-42-32-24-27(34(2,3)4)10-14-30(32)36;/h8-15,24-25,36H,16-23H2,1-7H3;/q;+1/p-1. The Labute approximate surface area is 333 Å². The van der Waals surface area contributed by atoms with Crippen LogP contribution in [0.5, 0.6) is 23.0 Å². The molecule has 0 radical (unpaired) electrons. The molecule has 3 aromatic carbocycles. The monoisotopic (exact) mass is 776 g/mol. The number of ether oxygens (including phenoxy) is 5. The molecule has 0 saturated heterocycles. The van der Waals surface area contributed by atoms with Gasteiger partial charge in [0.25, 0.3) is 10.1 Å². The molecule has 0 aromatic heterocycles. The van der Waals surface area contributed by atoms with E-state index in [1.54, 1.807) is 18.2 Å². The Hall–Kier alpha value is -1.26. The molecule has 0 aliphatic carbocycles. The van der Waals surface area contributed by atoms with Crippen molar-refractivity contribution in [3.05, 3.63) is 77.4 Å². The SMILES string of the molecule is Cc1ccc(S(=O)(=O)OCCOCCOc2ccc(C(C)(C)C)cc2OCCOCCOc2cc(C(C)(C)C)ccc2[O-])cc1.[Cs+]. The summed E-state index contributed by atoms with van der Waals surface area (Å²) in [6, 6.07) is 17.5. The number of hydrogen-bond acceptors (Lipinski definition) is 9. The summed E-state index contributed by atoms with van der Waals surface area (Å²) >= 11 is 0. The molecule has 0 bridgehead atoms. The topological polar surface area (TPSA) is 113 Å². The van der Waals surface area contributed by atoms with Crippen LogP contribution in [-0.4, -0.2) is 61.3 Å². The van der Waals surface area contributed by atoms with Crippen LogP contribution in [-0.2, 0) is 34.6 Å². The van der Waals surface area contributed by atoms with Crippen molar-refractivity contribution >= 4 is 10.1 Å². The molecule has 0 spiro atoms. The Bertz CT molecular complexity index is 1460. The predicted molar refractivity (Wildman–Crippen MR) is 172 cm³/mol. The second-order valence-electron chi connectivity index (χ2n) is 12.7. The van der Waals surface area contributed by atoms with Crippen LogP contribution in [0.1, 0.15) is 58.2 Å². The second kappa shape index (κ2) is 19.1. The van der Waals surface area contributed by atoms with Crippen molar-refractivity contribution in [3.8, 4) is 23.0 Å². The molecule has 11 heteroatoms. The van der Waals surface area contributed by atoms with Crippen molar-refractivity contribution < 1.29 is 110 Å². The van der Waals surface area contributed by atoms with Gasteiger partial charge in [0.05, 0.1) is 37.9 Å². The molecule has 0 aliphatic heterocycles. The number of rotatable bonds is 17. The first-order chi connectivity index (χ1) is 21.2. The van der Waals surface area contributed by atoms with Crippen molar-refractivity contribution in [1.29, 1.82) is 0 Å². The Morgan fingerprint density at radius 2 is 1.04 bits per heavy atom. The molecule has 0 N–H and O–H groups in total. The van der Waals surface area contributed by atoms with Crippen LogP contribution in [0.2, 0.25) is 0 Å². The average Bonchev–Trinajstić information content (AvgIpc) is 2.96. The Kier molecular flexibility index (Phi) is 17.0. The number of benzene rings is 3. The zero-order valence-corrected chi connectivity index (χ0v) is 35.6. The zero-order chi connectivity index (χ0) is 33.1. The maximum absolute atomic E-state index is 12.3. The first-order valence-electron chi connectivity index (χ1n) is 15.1. The van der Waals surface area contributed by atoms with Crippen LogP contribution in [0.4, 0.5) is 0 Å². The van der Waals surface area contributed by atoms with Gasteiger partial charge in [-0.25, -0.2) is 0 Å². The average molecular weight is 777 g/mol. The minimum Gasteiger partial charge on any atom is -0.870 e. The van der Waals surface area contributed by atoms with Gasteiger partial charge in [-0.3, -0.25) is 4.18 Å². The van der Waals surface area contributed by atoms with Crippen molar-refractivity contribution in [1.82, 2.24) is 0 Å². The summed E-state index contributed by atoms with van der Waals surface area (Å²) in [5, 5.41) is 12.2. The summed E-state index contributed by atoms with van der Waals surface area (Å²) in [7, 11) is -3.83. The maximum atomic E-state index is 12.3. The normalized spacial score (nSPS) is 12.0. The van der Waals surface area contributed by atoms with Crippen LogP contribution in [0.15, 0.2) is 65.6 Å². The van der Waals surface area contributed by atoms with E-state index in [-0.39, 0.29) is 123 Å². The molecule has 9 nitrogen and oxygen atoms in total. The molecular formula is C35H47CsO9S. The minimum absolute atomic E-state index is 0. The smallest absolute Gasteiger partial charge is 0.870 e. The van der Waals surface area contributed by atoms with Crippen LogP contribution in [0, 0.1) is 6.92 Å². The minimum atomic E-state index is -3.83. The van der Waals surface area contributed by atoms with E-state index < -0.39 is 10.1 Å². The van der Waals surface area contributed by atoms with Crippen molar-refractivity contribution in [2.24, 2.45) is 0 Å². The largest absolute Gasteiger partial charge is 1.00 e. The van der Waals surface area contributed by atoms with Gasteiger partial charge in [-0.15, -0.1) is 0 Å². The quantitative estimate of drug-likeness (QED) is 0.151. The number of hydrogen-bond donors (Lipinski definition) is 0. The summed E-state index contributed by atoms with van der Waals surface area (Å²) in [5.41, 5.74) is 2.92. The molecular weight excluding hydrogens is 729 g/mol. The maximum Gasteiger partial charge on any atom is 1.00 e. The third-order valence-electron chi connectivity index (χ3n) is 6.85. The van der Waals surface area contributed by atoms with Gasteiger partial charge in [0.15, 0.2) is 11.5 Å². The van der Waals surface area contributed by atoms with E-state index in [0.717, 1.165) is 16.7 Å². The van der Waals surface area contributed by atoms with E-state index in [1.165, 1.54) is 18.2 Å². The molecule has 3 aromatic rings. The van der Waals surface area contributed by atoms with E-state index in [0.29, 0.717) is 37.1 Å². The van der Waals surface area contributed by atoms with Crippen LogP contribution in [0.25, 0.3) is 0 Å². The third kappa shape index (κ3) is 13.7. The van der Waals surface area contributed by atoms with E-state index in [4.69, 9.17) is 27.9 Å². The first kappa shape index (κ1) is 40.9. The second-order valence-corrected chi connectivity index (χ2v) is 14.3. The molecule has 46 heavy (non-hydrogen) atoms. The van der Waals surface area contributed by atoms with E-state index in [2.05, 4.69) is 41.5 Å². The summed E-state index contributed by atoms with van der Waals surface area (Å²) in [5.74, 6) is 1.33. The molecule has 0 heterocycles. The molecule has 0 amide bonds. The van der Waals surface area contributed by atoms with E-state index in [1.807, 2.05) is 31.2 Å². The van der Waals surface area contributed by atoms with Gasteiger partial charge in [-0.05, 0) is 59.2 Å². The van der Waals surface area contributed by atoms with Gasteiger partial charge in [0, 0.05) is 0 Å². The van der Waals surface area contributed by atoms with Crippen LogP contribution < -0.4 is 88.2 Å². The van der Waals surface area contributed by atoms with Gasteiger partial charge in [0.1, 0.15) is 25.6 Å². The fourth-order valence-corrected chi connectivity index (χ4v) is 5.00. The molecule has 0 fully saturated rings. The first-order valence-corrected chi connectivity index (χ1v) is 16.5. The van der Waals surface area contributed by atoms with E-state index >= 15 is 0 Å². The number of aryl methyl sites for hydroxylation is 1. The van der Waals surface area contributed by atoms with Gasteiger partial charge in [-0.1, -0.05) is 83.2 Å².